The Morgan fingerprint density at radius 2 is 1.38 bits per heavy atom. The van der Waals surface area contributed by atoms with E-state index >= 15 is 0 Å². The second kappa shape index (κ2) is 10.2. The highest BCUT2D eigenvalue weighted by Gasteiger charge is 2.17. The molecule has 3 aromatic rings. The largest absolute Gasteiger partial charge is 0.345 e. The monoisotopic (exact) mass is 386 g/mol. The van der Waals surface area contributed by atoms with Crippen molar-refractivity contribution < 1.29 is 9.59 Å². The lowest BCUT2D eigenvalue weighted by Crippen LogP contribution is -2.41. The van der Waals surface area contributed by atoms with Crippen molar-refractivity contribution >= 4 is 17.5 Å². The molecule has 0 aliphatic heterocycles. The Kier molecular flexibility index (Phi) is 7.17. The molecule has 0 aliphatic carbocycles. The van der Waals surface area contributed by atoms with Gasteiger partial charge in [-0.3, -0.25) is 9.59 Å². The maximum Gasteiger partial charge on any atom is 0.246 e. The number of nitrogens with one attached hydrogen (secondary N) is 2. The van der Waals surface area contributed by atoms with E-state index < -0.39 is 6.04 Å². The molecule has 3 aromatic carbocycles. The van der Waals surface area contributed by atoms with Gasteiger partial charge in [-0.2, -0.15) is 0 Å². The zero-order valence-corrected chi connectivity index (χ0v) is 16.6. The molecular weight excluding hydrogens is 360 g/mol. The third kappa shape index (κ3) is 6.32. The van der Waals surface area contributed by atoms with E-state index in [1.54, 1.807) is 6.92 Å². The second-order valence-corrected chi connectivity index (χ2v) is 7.08. The molecule has 0 bridgehead atoms. The number of hydrogen-bond acceptors (Lipinski definition) is 2. The van der Waals surface area contributed by atoms with Crippen molar-refractivity contribution in [3.05, 3.63) is 102 Å². The highest BCUT2D eigenvalue weighted by atomic mass is 16.2. The third-order valence-electron chi connectivity index (χ3n) is 4.77. The summed E-state index contributed by atoms with van der Waals surface area (Å²) in [6.07, 6.45) is 1.74. The lowest BCUT2D eigenvalue weighted by molar-refractivity contribution is -0.126. The Balaban J connectivity index is 1.55. The fourth-order valence-corrected chi connectivity index (χ4v) is 3.13. The SMILES string of the molecule is CC(NC(=O)CCc1ccccc1)C(=O)Nc1ccccc1Cc1ccccc1. The number of aryl methyl sites for hydroxylation is 1. The topological polar surface area (TPSA) is 58.2 Å². The van der Waals surface area contributed by atoms with Gasteiger partial charge >= 0.3 is 0 Å². The maximum atomic E-state index is 12.6. The van der Waals surface area contributed by atoms with Crippen molar-refractivity contribution in [1.29, 1.82) is 0 Å². The summed E-state index contributed by atoms with van der Waals surface area (Å²) in [5, 5.41) is 5.74. The minimum atomic E-state index is -0.608. The lowest BCUT2D eigenvalue weighted by atomic mass is 10.0. The Labute approximate surface area is 172 Å². The smallest absolute Gasteiger partial charge is 0.246 e. The first-order valence-electron chi connectivity index (χ1n) is 9.88. The normalized spacial score (nSPS) is 11.5. The van der Waals surface area contributed by atoms with Crippen LogP contribution in [0.25, 0.3) is 0 Å². The highest BCUT2D eigenvalue weighted by molar-refractivity contribution is 5.97. The number of amides is 2. The Bertz CT molecular complexity index is 939. The van der Waals surface area contributed by atoms with E-state index in [1.807, 2.05) is 72.8 Å². The molecule has 0 aromatic heterocycles. The van der Waals surface area contributed by atoms with Crippen LogP contribution in [0.5, 0.6) is 0 Å². The molecule has 4 heteroatoms. The van der Waals surface area contributed by atoms with Crippen molar-refractivity contribution in [2.75, 3.05) is 5.32 Å². The van der Waals surface area contributed by atoms with Gasteiger partial charge in [0, 0.05) is 12.1 Å². The van der Waals surface area contributed by atoms with Crippen LogP contribution in [-0.2, 0) is 22.4 Å². The Morgan fingerprint density at radius 1 is 0.793 bits per heavy atom. The van der Waals surface area contributed by atoms with Gasteiger partial charge in [0.15, 0.2) is 0 Å². The van der Waals surface area contributed by atoms with Gasteiger partial charge in [-0.05, 0) is 42.5 Å². The summed E-state index contributed by atoms with van der Waals surface area (Å²) in [5.74, 6) is -0.354. The fourth-order valence-electron chi connectivity index (χ4n) is 3.13. The second-order valence-electron chi connectivity index (χ2n) is 7.08. The van der Waals surface area contributed by atoms with Gasteiger partial charge in [-0.15, -0.1) is 0 Å². The van der Waals surface area contributed by atoms with Crippen LogP contribution in [0.3, 0.4) is 0 Å². The first kappa shape index (κ1) is 20.3. The van der Waals surface area contributed by atoms with Crippen LogP contribution < -0.4 is 10.6 Å². The molecule has 1 unspecified atom stereocenters. The lowest BCUT2D eigenvalue weighted by Gasteiger charge is -2.16. The van der Waals surface area contributed by atoms with Crippen LogP contribution in [0.2, 0.25) is 0 Å². The molecule has 0 spiro atoms. The molecule has 29 heavy (non-hydrogen) atoms. The standard InChI is InChI=1S/C25H26N2O2/c1-19(26-24(28)17-16-20-10-4-2-5-11-20)25(29)27-23-15-9-8-14-22(23)18-21-12-6-3-7-13-21/h2-15,19H,16-18H2,1H3,(H,26,28)(H,27,29). The highest BCUT2D eigenvalue weighted by Crippen LogP contribution is 2.19. The van der Waals surface area contributed by atoms with Crippen molar-refractivity contribution in [3.8, 4) is 0 Å². The van der Waals surface area contributed by atoms with E-state index in [4.69, 9.17) is 0 Å². The van der Waals surface area contributed by atoms with Gasteiger partial charge in [0.1, 0.15) is 6.04 Å². The van der Waals surface area contributed by atoms with E-state index in [1.165, 1.54) is 5.56 Å². The molecule has 2 amide bonds. The molecule has 3 rings (SSSR count). The number of hydrogen-bond donors (Lipinski definition) is 2. The summed E-state index contributed by atoms with van der Waals surface area (Å²) < 4.78 is 0. The number of rotatable bonds is 8. The number of carbonyl (C=O) groups excluding carboxylic acids is 2. The van der Waals surface area contributed by atoms with Gasteiger partial charge in [-0.25, -0.2) is 0 Å². The van der Waals surface area contributed by atoms with Crippen molar-refractivity contribution in [1.82, 2.24) is 5.32 Å². The summed E-state index contributed by atoms with van der Waals surface area (Å²) in [5.41, 5.74) is 4.09. The van der Waals surface area contributed by atoms with Crippen LogP contribution in [0, 0.1) is 0 Å². The first-order chi connectivity index (χ1) is 14.1. The van der Waals surface area contributed by atoms with Crippen LogP contribution in [-0.4, -0.2) is 17.9 Å². The number of para-hydroxylation sites is 1. The molecule has 0 radical (unpaired) electrons. The summed E-state index contributed by atoms with van der Waals surface area (Å²) >= 11 is 0. The number of benzene rings is 3. The average Bonchev–Trinajstić information content (AvgIpc) is 2.75. The van der Waals surface area contributed by atoms with E-state index in [2.05, 4.69) is 22.8 Å². The van der Waals surface area contributed by atoms with Gasteiger partial charge < -0.3 is 10.6 Å². The fraction of sp³-hybridized carbons (Fsp3) is 0.200. The molecule has 0 saturated heterocycles. The summed E-state index contributed by atoms with van der Waals surface area (Å²) in [7, 11) is 0. The number of carbonyl (C=O) groups is 2. The van der Waals surface area contributed by atoms with Gasteiger partial charge in [0.2, 0.25) is 11.8 Å². The average molecular weight is 386 g/mol. The molecular formula is C25H26N2O2. The van der Waals surface area contributed by atoms with Crippen molar-refractivity contribution in [2.24, 2.45) is 0 Å². The molecule has 0 heterocycles. The van der Waals surface area contributed by atoms with Crippen molar-refractivity contribution in [2.45, 2.75) is 32.2 Å². The van der Waals surface area contributed by atoms with E-state index in [-0.39, 0.29) is 11.8 Å². The molecule has 148 valence electrons. The van der Waals surface area contributed by atoms with Crippen LogP contribution in [0.15, 0.2) is 84.9 Å². The van der Waals surface area contributed by atoms with Gasteiger partial charge in [0.25, 0.3) is 0 Å². The number of anilines is 1. The third-order valence-corrected chi connectivity index (χ3v) is 4.77. The van der Waals surface area contributed by atoms with Gasteiger partial charge in [-0.1, -0.05) is 78.9 Å². The molecule has 4 nitrogen and oxygen atoms in total. The van der Waals surface area contributed by atoms with Crippen LogP contribution in [0.1, 0.15) is 30.0 Å². The molecule has 0 fully saturated rings. The minimum Gasteiger partial charge on any atom is -0.345 e. The molecule has 2 N–H and O–H groups in total. The van der Waals surface area contributed by atoms with E-state index in [0.717, 1.165) is 23.2 Å². The molecule has 0 aliphatic rings. The quantitative estimate of drug-likeness (QED) is 0.605. The molecule has 0 saturated carbocycles. The van der Waals surface area contributed by atoms with Gasteiger partial charge in [0.05, 0.1) is 0 Å². The summed E-state index contributed by atoms with van der Waals surface area (Å²) in [6, 6.07) is 27.1. The van der Waals surface area contributed by atoms with E-state index in [9.17, 15) is 9.59 Å². The Morgan fingerprint density at radius 3 is 2.07 bits per heavy atom. The predicted octanol–water partition coefficient (Wildman–Crippen LogP) is 4.35. The predicted molar refractivity (Wildman–Crippen MR) is 117 cm³/mol. The maximum absolute atomic E-state index is 12.6. The zero-order chi connectivity index (χ0) is 20.5. The zero-order valence-electron chi connectivity index (χ0n) is 16.6. The summed E-state index contributed by atoms with van der Waals surface area (Å²) in [4.78, 5) is 24.8. The van der Waals surface area contributed by atoms with Crippen LogP contribution in [0.4, 0.5) is 5.69 Å². The van der Waals surface area contributed by atoms with Crippen molar-refractivity contribution in [3.63, 3.8) is 0 Å². The minimum absolute atomic E-state index is 0.130. The Hall–Kier alpha value is -3.40. The van der Waals surface area contributed by atoms with Crippen LogP contribution >= 0.6 is 0 Å². The summed E-state index contributed by atoms with van der Waals surface area (Å²) in [6.45, 7) is 1.70. The first-order valence-corrected chi connectivity index (χ1v) is 9.88. The molecule has 1 atom stereocenters. The van der Waals surface area contributed by atoms with E-state index in [0.29, 0.717) is 12.8 Å².